The van der Waals surface area contributed by atoms with Gasteiger partial charge in [-0.1, -0.05) is 0 Å². The molecule has 0 saturated carbocycles. The molecule has 0 aromatic carbocycles. The SMILES string of the molecule is CC(C)(C)C(=O)OC(=O)[C@H]1O[C@@H](O)[C@H](O)[C@@H](O)[C@@H]1O. The fourth-order valence-electron chi connectivity index (χ4n) is 1.36. The fraction of sp³-hybridized carbons (Fsp3) is 0.818. The molecule has 110 valence electrons. The molecule has 0 amide bonds. The molecule has 1 aliphatic heterocycles. The van der Waals surface area contributed by atoms with Gasteiger partial charge in [-0.3, -0.25) is 4.79 Å². The average Bonchev–Trinajstić information content (AvgIpc) is 2.29. The maximum absolute atomic E-state index is 11.6. The summed E-state index contributed by atoms with van der Waals surface area (Å²) in [7, 11) is 0. The lowest BCUT2D eigenvalue weighted by Crippen LogP contribution is -2.60. The van der Waals surface area contributed by atoms with Crippen LogP contribution < -0.4 is 0 Å². The summed E-state index contributed by atoms with van der Waals surface area (Å²) in [6, 6.07) is 0. The molecule has 1 aliphatic rings. The van der Waals surface area contributed by atoms with E-state index in [1.54, 1.807) is 0 Å². The molecule has 1 rings (SSSR count). The summed E-state index contributed by atoms with van der Waals surface area (Å²) >= 11 is 0. The van der Waals surface area contributed by atoms with Crippen LogP contribution in [0, 0.1) is 5.41 Å². The van der Waals surface area contributed by atoms with E-state index in [0.29, 0.717) is 0 Å². The van der Waals surface area contributed by atoms with E-state index in [9.17, 15) is 30.0 Å². The number of rotatable bonds is 1. The number of hydrogen-bond donors (Lipinski definition) is 4. The second kappa shape index (κ2) is 5.51. The summed E-state index contributed by atoms with van der Waals surface area (Å²) in [5.41, 5.74) is -0.938. The lowest BCUT2D eigenvalue weighted by molar-refractivity contribution is -0.280. The van der Waals surface area contributed by atoms with Gasteiger partial charge in [0, 0.05) is 0 Å². The van der Waals surface area contributed by atoms with Crippen LogP contribution in [0.1, 0.15) is 20.8 Å². The van der Waals surface area contributed by atoms with E-state index in [1.807, 2.05) is 0 Å². The number of esters is 2. The number of carbonyl (C=O) groups is 2. The van der Waals surface area contributed by atoms with Crippen LogP contribution in [0.5, 0.6) is 0 Å². The van der Waals surface area contributed by atoms with Crippen molar-refractivity contribution in [2.75, 3.05) is 0 Å². The first kappa shape index (κ1) is 16.0. The predicted octanol–water partition coefficient (Wildman–Crippen LogP) is -2.10. The molecule has 1 heterocycles. The van der Waals surface area contributed by atoms with Gasteiger partial charge in [-0.2, -0.15) is 0 Å². The van der Waals surface area contributed by atoms with Crippen molar-refractivity contribution in [3.8, 4) is 0 Å². The quantitative estimate of drug-likeness (QED) is 0.317. The molecular formula is C11H18O8. The Morgan fingerprint density at radius 3 is 2.00 bits per heavy atom. The maximum Gasteiger partial charge on any atom is 0.345 e. The zero-order chi connectivity index (χ0) is 15.0. The maximum atomic E-state index is 11.6. The van der Waals surface area contributed by atoms with E-state index < -0.39 is 48.1 Å². The first-order chi connectivity index (χ1) is 8.55. The van der Waals surface area contributed by atoms with Crippen molar-refractivity contribution < 1.29 is 39.5 Å². The van der Waals surface area contributed by atoms with Crippen LogP contribution in [0.2, 0.25) is 0 Å². The van der Waals surface area contributed by atoms with Gasteiger partial charge in [0.2, 0.25) is 0 Å². The Balaban J connectivity index is 2.74. The molecule has 19 heavy (non-hydrogen) atoms. The van der Waals surface area contributed by atoms with Crippen LogP contribution in [0.15, 0.2) is 0 Å². The Kier molecular flexibility index (Phi) is 4.64. The van der Waals surface area contributed by atoms with Crippen LogP contribution in [-0.2, 0) is 19.1 Å². The molecule has 0 radical (unpaired) electrons. The molecular weight excluding hydrogens is 260 g/mol. The standard InChI is InChI=1S/C11H18O8/c1-11(2,3)10(17)19-9(16)7-5(13)4(12)6(14)8(15)18-7/h4-8,12-15H,1-3H3/t4-,5-,6+,7-,8+/m0/s1. The van der Waals surface area contributed by atoms with Gasteiger partial charge in [0.15, 0.2) is 12.4 Å². The van der Waals surface area contributed by atoms with Crippen molar-refractivity contribution in [3.05, 3.63) is 0 Å². The third kappa shape index (κ3) is 3.48. The van der Waals surface area contributed by atoms with Gasteiger partial charge in [-0.05, 0) is 20.8 Å². The van der Waals surface area contributed by atoms with E-state index in [4.69, 9.17) is 0 Å². The monoisotopic (exact) mass is 278 g/mol. The molecule has 0 bridgehead atoms. The van der Waals surface area contributed by atoms with Crippen molar-refractivity contribution in [2.45, 2.75) is 51.5 Å². The largest absolute Gasteiger partial charge is 0.391 e. The highest BCUT2D eigenvalue weighted by Crippen LogP contribution is 2.22. The van der Waals surface area contributed by atoms with Gasteiger partial charge >= 0.3 is 11.9 Å². The van der Waals surface area contributed by atoms with Crippen LogP contribution >= 0.6 is 0 Å². The summed E-state index contributed by atoms with van der Waals surface area (Å²) in [4.78, 5) is 23.1. The summed E-state index contributed by atoms with van der Waals surface area (Å²) in [6.45, 7) is 4.57. The lowest BCUT2D eigenvalue weighted by atomic mass is 9.97. The third-order valence-corrected chi connectivity index (χ3v) is 2.63. The molecule has 8 nitrogen and oxygen atoms in total. The molecule has 8 heteroatoms. The molecule has 0 aliphatic carbocycles. The van der Waals surface area contributed by atoms with E-state index in [-0.39, 0.29) is 0 Å². The van der Waals surface area contributed by atoms with E-state index in [2.05, 4.69) is 9.47 Å². The molecule has 5 atom stereocenters. The lowest BCUT2D eigenvalue weighted by Gasteiger charge is -2.36. The molecule has 0 aromatic heterocycles. The number of hydrogen-bond acceptors (Lipinski definition) is 8. The minimum atomic E-state index is -1.86. The van der Waals surface area contributed by atoms with Gasteiger partial charge < -0.3 is 29.9 Å². The highest BCUT2D eigenvalue weighted by atomic mass is 16.7. The summed E-state index contributed by atoms with van der Waals surface area (Å²) < 4.78 is 9.12. The number of aliphatic hydroxyl groups excluding tert-OH is 4. The van der Waals surface area contributed by atoms with Gasteiger partial charge in [0.05, 0.1) is 5.41 Å². The number of aliphatic hydroxyl groups is 4. The van der Waals surface area contributed by atoms with Gasteiger partial charge in [0.1, 0.15) is 18.3 Å². The van der Waals surface area contributed by atoms with Gasteiger partial charge in [-0.15, -0.1) is 0 Å². The molecule has 4 N–H and O–H groups in total. The zero-order valence-corrected chi connectivity index (χ0v) is 10.8. The van der Waals surface area contributed by atoms with Crippen LogP contribution in [0.25, 0.3) is 0 Å². The van der Waals surface area contributed by atoms with Crippen LogP contribution in [0.3, 0.4) is 0 Å². The topological polar surface area (TPSA) is 134 Å². The zero-order valence-electron chi connectivity index (χ0n) is 10.8. The van der Waals surface area contributed by atoms with E-state index in [0.717, 1.165) is 0 Å². The molecule has 1 saturated heterocycles. The minimum absolute atomic E-state index is 0.844. The third-order valence-electron chi connectivity index (χ3n) is 2.63. The Hall–Kier alpha value is -1.06. The highest BCUT2D eigenvalue weighted by Gasteiger charge is 2.47. The first-order valence-corrected chi connectivity index (χ1v) is 5.69. The summed E-state index contributed by atoms with van der Waals surface area (Å²) in [5.74, 6) is -2.08. The van der Waals surface area contributed by atoms with Crippen molar-refractivity contribution in [3.63, 3.8) is 0 Å². The highest BCUT2D eigenvalue weighted by molar-refractivity contribution is 5.90. The van der Waals surface area contributed by atoms with E-state index >= 15 is 0 Å². The van der Waals surface area contributed by atoms with Crippen molar-refractivity contribution >= 4 is 11.9 Å². The second-order valence-corrected chi connectivity index (χ2v) is 5.38. The fourth-order valence-corrected chi connectivity index (χ4v) is 1.36. The van der Waals surface area contributed by atoms with E-state index in [1.165, 1.54) is 20.8 Å². The molecule has 1 fully saturated rings. The molecule has 0 unspecified atom stereocenters. The summed E-state index contributed by atoms with van der Waals surface area (Å²) in [6.07, 6.45) is -8.96. The second-order valence-electron chi connectivity index (χ2n) is 5.38. The van der Waals surface area contributed by atoms with Crippen molar-refractivity contribution in [1.82, 2.24) is 0 Å². The normalized spacial score (nSPS) is 35.8. The van der Waals surface area contributed by atoms with Gasteiger partial charge in [-0.25, -0.2) is 4.79 Å². The smallest absolute Gasteiger partial charge is 0.345 e. The Morgan fingerprint density at radius 1 is 1.00 bits per heavy atom. The molecule has 0 aromatic rings. The van der Waals surface area contributed by atoms with Crippen molar-refractivity contribution in [2.24, 2.45) is 5.41 Å². The first-order valence-electron chi connectivity index (χ1n) is 5.69. The van der Waals surface area contributed by atoms with Crippen molar-refractivity contribution in [1.29, 1.82) is 0 Å². The Labute approximate surface area is 109 Å². The predicted molar refractivity (Wildman–Crippen MR) is 59.5 cm³/mol. The number of ether oxygens (including phenoxy) is 2. The summed E-state index contributed by atoms with van der Waals surface area (Å²) in [5, 5.41) is 37.4. The van der Waals surface area contributed by atoms with Crippen LogP contribution in [0.4, 0.5) is 0 Å². The van der Waals surface area contributed by atoms with Crippen LogP contribution in [-0.4, -0.2) is 63.1 Å². The Morgan fingerprint density at radius 2 is 1.53 bits per heavy atom. The minimum Gasteiger partial charge on any atom is -0.391 e. The average molecular weight is 278 g/mol. The number of carbonyl (C=O) groups excluding carboxylic acids is 2. The molecule has 0 spiro atoms. The van der Waals surface area contributed by atoms with Gasteiger partial charge in [0.25, 0.3) is 0 Å². The Bertz CT molecular complexity index is 360.